The van der Waals surface area contributed by atoms with Gasteiger partial charge in [-0.3, -0.25) is 14.9 Å². The van der Waals surface area contributed by atoms with Crippen LogP contribution in [0.25, 0.3) is 0 Å². The molecule has 19 heavy (non-hydrogen) atoms. The molecule has 0 atom stereocenters. The Morgan fingerprint density at radius 3 is 2.74 bits per heavy atom. The highest BCUT2D eigenvalue weighted by molar-refractivity contribution is 5.69. The molecule has 1 rings (SSSR count). The van der Waals surface area contributed by atoms with Crippen LogP contribution < -0.4 is 4.74 Å². The molecule has 0 aromatic heterocycles. The number of nitro benzene ring substituents is 1. The minimum atomic E-state index is -0.463. The van der Waals surface area contributed by atoms with E-state index < -0.39 is 4.92 Å². The summed E-state index contributed by atoms with van der Waals surface area (Å²) in [5, 5.41) is 10.9. The van der Waals surface area contributed by atoms with E-state index in [2.05, 4.69) is 4.74 Å². The molecule has 1 aromatic rings. The maximum atomic E-state index is 10.9. The number of aryl methyl sites for hydroxylation is 1. The van der Waals surface area contributed by atoms with E-state index in [-0.39, 0.29) is 30.4 Å². The topological polar surface area (TPSA) is 78.7 Å². The lowest BCUT2D eigenvalue weighted by atomic mass is 10.1. The zero-order chi connectivity index (χ0) is 14.3. The van der Waals surface area contributed by atoms with Crippen molar-refractivity contribution in [2.45, 2.75) is 26.2 Å². The second kappa shape index (κ2) is 7.35. The van der Waals surface area contributed by atoms with Gasteiger partial charge in [0, 0.05) is 12.5 Å². The molecule has 104 valence electrons. The normalized spacial score (nSPS) is 10.0. The van der Waals surface area contributed by atoms with Crippen molar-refractivity contribution in [3.63, 3.8) is 0 Å². The molecule has 0 spiro atoms. The van der Waals surface area contributed by atoms with E-state index in [1.165, 1.54) is 13.2 Å². The Labute approximate surface area is 111 Å². The molecule has 0 saturated carbocycles. The van der Waals surface area contributed by atoms with Gasteiger partial charge in [0.05, 0.1) is 18.6 Å². The number of ether oxygens (including phenoxy) is 2. The number of rotatable bonds is 7. The van der Waals surface area contributed by atoms with Crippen LogP contribution in [0.15, 0.2) is 18.2 Å². The summed E-state index contributed by atoms with van der Waals surface area (Å²) in [5.74, 6) is -0.0912. The van der Waals surface area contributed by atoms with Crippen molar-refractivity contribution < 1.29 is 19.2 Å². The zero-order valence-electron chi connectivity index (χ0n) is 11.0. The van der Waals surface area contributed by atoms with Gasteiger partial charge in [0.1, 0.15) is 0 Å². The fourth-order valence-corrected chi connectivity index (χ4v) is 1.55. The number of hydrogen-bond donors (Lipinski definition) is 0. The summed E-state index contributed by atoms with van der Waals surface area (Å²) in [6.07, 6.45) is 1.42. The average molecular weight is 267 g/mol. The Morgan fingerprint density at radius 1 is 1.42 bits per heavy atom. The molecule has 0 saturated heterocycles. The highest BCUT2D eigenvalue weighted by atomic mass is 16.6. The van der Waals surface area contributed by atoms with Crippen molar-refractivity contribution in [3.8, 4) is 5.75 Å². The minimum absolute atomic E-state index is 0.0441. The van der Waals surface area contributed by atoms with Crippen molar-refractivity contribution in [1.82, 2.24) is 0 Å². The monoisotopic (exact) mass is 267 g/mol. The third-order valence-electron chi connectivity index (χ3n) is 2.64. The van der Waals surface area contributed by atoms with Crippen LogP contribution in [-0.2, 0) is 16.0 Å². The molecule has 0 radical (unpaired) electrons. The van der Waals surface area contributed by atoms with Gasteiger partial charge in [0.2, 0.25) is 0 Å². The van der Waals surface area contributed by atoms with E-state index in [1.807, 2.05) is 6.92 Å². The maximum absolute atomic E-state index is 10.9. The van der Waals surface area contributed by atoms with Crippen LogP contribution in [0.1, 0.15) is 25.3 Å². The van der Waals surface area contributed by atoms with E-state index >= 15 is 0 Å². The first-order valence-electron chi connectivity index (χ1n) is 6.05. The summed E-state index contributed by atoms with van der Waals surface area (Å²) in [6.45, 7) is 2.16. The third kappa shape index (κ3) is 4.57. The maximum Gasteiger partial charge on any atom is 0.311 e. The SMILES string of the molecule is CCc1ccc(OCCCC(=O)OC)c([N+](=O)[O-])c1. The van der Waals surface area contributed by atoms with Crippen LogP contribution in [0.2, 0.25) is 0 Å². The van der Waals surface area contributed by atoms with Crippen molar-refractivity contribution in [2.75, 3.05) is 13.7 Å². The molecule has 0 N–H and O–H groups in total. The second-order valence-corrected chi connectivity index (χ2v) is 3.94. The van der Waals surface area contributed by atoms with Crippen LogP contribution in [-0.4, -0.2) is 24.6 Å². The summed E-state index contributed by atoms with van der Waals surface area (Å²) in [6, 6.07) is 4.90. The van der Waals surface area contributed by atoms with E-state index in [1.54, 1.807) is 12.1 Å². The Morgan fingerprint density at radius 2 is 2.16 bits per heavy atom. The number of esters is 1. The molecular weight excluding hydrogens is 250 g/mol. The number of nitro groups is 1. The summed E-state index contributed by atoms with van der Waals surface area (Å²) >= 11 is 0. The van der Waals surface area contributed by atoms with E-state index in [0.717, 1.165) is 12.0 Å². The minimum Gasteiger partial charge on any atom is -0.487 e. The zero-order valence-corrected chi connectivity index (χ0v) is 11.0. The Bertz CT molecular complexity index is 458. The molecule has 0 aliphatic carbocycles. The molecular formula is C13H17NO5. The van der Waals surface area contributed by atoms with E-state index in [0.29, 0.717) is 6.42 Å². The van der Waals surface area contributed by atoms with Crippen molar-refractivity contribution >= 4 is 11.7 Å². The van der Waals surface area contributed by atoms with Gasteiger partial charge in [-0.1, -0.05) is 13.0 Å². The predicted molar refractivity (Wildman–Crippen MR) is 69.2 cm³/mol. The molecule has 0 unspecified atom stereocenters. The van der Waals surface area contributed by atoms with Gasteiger partial charge in [0.15, 0.2) is 5.75 Å². The quantitative estimate of drug-likeness (QED) is 0.328. The lowest BCUT2D eigenvalue weighted by Gasteiger charge is -2.07. The van der Waals surface area contributed by atoms with Gasteiger partial charge >= 0.3 is 11.7 Å². The standard InChI is InChI=1S/C13H17NO5/c1-3-10-6-7-12(11(9-10)14(16)17)19-8-4-5-13(15)18-2/h6-7,9H,3-5,8H2,1-2H3. The van der Waals surface area contributed by atoms with Crippen LogP contribution in [0.5, 0.6) is 5.75 Å². The molecule has 0 bridgehead atoms. The summed E-state index contributed by atoms with van der Waals surface area (Å²) in [5.41, 5.74) is 0.839. The number of carbonyl (C=O) groups excluding carboxylic acids is 1. The van der Waals surface area contributed by atoms with Crippen LogP contribution in [0.3, 0.4) is 0 Å². The summed E-state index contributed by atoms with van der Waals surface area (Å²) in [4.78, 5) is 21.4. The Balaban J connectivity index is 2.62. The van der Waals surface area contributed by atoms with Crippen LogP contribution >= 0.6 is 0 Å². The predicted octanol–water partition coefficient (Wildman–Crippen LogP) is 2.49. The van der Waals surface area contributed by atoms with Gasteiger partial charge in [-0.25, -0.2) is 0 Å². The molecule has 0 fully saturated rings. The summed E-state index contributed by atoms with van der Waals surface area (Å²) in [7, 11) is 1.32. The first-order valence-corrected chi connectivity index (χ1v) is 6.05. The van der Waals surface area contributed by atoms with Gasteiger partial charge in [-0.05, 0) is 24.5 Å². The largest absolute Gasteiger partial charge is 0.487 e. The average Bonchev–Trinajstić information content (AvgIpc) is 2.43. The molecule has 0 amide bonds. The highest BCUT2D eigenvalue weighted by Gasteiger charge is 2.15. The summed E-state index contributed by atoms with van der Waals surface area (Å²) < 4.78 is 9.84. The van der Waals surface area contributed by atoms with Crippen LogP contribution in [0, 0.1) is 10.1 Å². The van der Waals surface area contributed by atoms with E-state index in [4.69, 9.17) is 4.74 Å². The van der Waals surface area contributed by atoms with Gasteiger partial charge in [-0.15, -0.1) is 0 Å². The highest BCUT2D eigenvalue weighted by Crippen LogP contribution is 2.28. The van der Waals surface area contributed by atoms with Gasteiger partial charge < -0.3 is 9.47 Å². The van der Waals surface area contributed by atoms with Gasteiger partial charge in [0.25, 0.3) is 0 Å². The molecule has 0 aliphatic heterocycles. The number of methoxy groups -OCH3 is 1. The van der Waals surface area contributed by atoms with E-state index in [9.17, 15) is 14.9 Å². The first-order chi connectivity index (χ1) is 9.08. The van der Waals surface area contributed by atoms with Gasteiger partial charge in [-0.2, -0.15) is 0 Å². The molecule has 0 heterocycles. The molecule has 6 heteroatoms. The Hall–Kier alpha value is -2.11. The number of carbonyl (C=O) groups is 1. The molecule has 6 nitrogen and oxygen atoms in total. The lowest BCUT2D eigenvalue weighted by Crippen LogP contribution is -2.05. The second-order valence-electron chi connectivity index (χ2n) is 3.94. The smallest absolute Gasteiger partial charge is 0.311 e. The molecule has 1 aromatic carbocycles. The lowest BCUT2D eigenvalue weighted by molar-refractivity contribution is -0.385. The van der Waals surface area contributed by atoms with Crippen molar-refractivity contribution in [1.29, 1.82) is 0 Å². The first kappa shape index (κ1) is 14.9. The van der Waals surface area contributed by atoms with Crippen LogP contribution in [0.4, 0.5) is 5.69 Å². The molecule has 0 aliphatic rings. The van der Waals surface area contributed by atoms with Crippen molar-refractivity contribution in [3.05, 3.63) is 33.9 Å². The van der Waals surface area contributed by atoms with Crippen molar-refractivity contribution in [2.24, 2.45) is 0 Å². The Kier molecular flexibility index (Phi) is 5.78. The number of hydrogen-bond acceptors (Lipinski definition) is 5. The number of nitrogens with zero attached hydrogens (tertiary/aromatic N) is 1. The fourth-order valence-electron chi connectivity index (χ4n) is 1.55. The fraction of sp³-hybridized carbons (Fsp3) is 0.462. The number of benzene rings is 1. The third-order valence-corrected chi connectivity index (χ3v) is 2.64.